The number of benzene rings is 2. The van der Waals surface area contributed by atoms with Crippen LogP contribution in [-0.2, 0) is 0 Å². The van der Waals surface area contributed by atoms with Gasteiger partial charge in [0.25, 0.3) is 0 Å². The molecule has 5 nitrogen and oxygen atoms in total. The molecule has 0 aliphatic carbocycles. The van der Waals surface area contributed by atoms with Crippen LogP contribution in [0.5, 0.6) is 0 Å². The van der Waals surface area contributed by atoms with Crippen LogP contribution < -0.4 is 11.3 Å². The van der Waals surface area contributed by atoms with E-state index in [0.29, 0.717) is 31.1 Å². The van der Waals surface area contributed by atoms with Gasteiger partial charge in [0, 0.05) is 15.8 Å². The molecule has 4 aromatic rings. The molecule has 2 heterocycles. The van der Waals surface area contributed by atoms with E-state index in [0.717, 1.165) is 10.9 Å². The predicted octanol–water partition coefficient (Wildman–Crippen LogP) is 5.84. The van der Waals surface area contributed by atoms with E-state index in [-0.39, 0.29) is 5.56 Å². The number of nitrogens with zero attached hydrogens (tertiary/aromatic N) is 1. The first-order valence-corrected chi connectivity index (χ1v) is 9.36. The summed E-state index contributed by atoms with van der Waals surface area (Å²) in [6.45, 7) is 1.94. The SMILES string of the molecule is Cc1ccc2oc(=O)c(C#N)cc2c1.O=c1oc2c(Cl)cc(Cl)cc2cc1Br. The van der Waals surface area contributed by atoms with Gasteiger partial charge >= 0.3 is 11.3 Å². The van der Waals surface area contributed by atoms with Crippen LogP contribution in [0.15, 0.2) is 65.4 Å². The van der Waals surface area contributed by atoms with Crippen molar-refractivity contribution < 1.29 is 8.83 Å². The fraction of sp³-hybridized carbons (Fsp3) is 0.0500. The Morgan fingerprint density at radius 1 is 0.964 bits per heavy atom. The number of rotatable bonds is 0. The molecule has 28 heavy (non-hydrogen) atoms. The molecule has 140 valence electrons. The molecule has 4 rings (SSSR count). The Bertz CT molecular complexity index is 1370. The first kappa shape index (κ1) is 20.2. The number of fused-ring (bicyclic) bond motifs is 2. The van der Waals surface area contributed by atoms with Crippen LogP contribution in [0.4, 0.5) is 0 Å². The summed E-state index contributed by atoms with van der Waals surface area (Å²) in [4.78, 5) is 22.3. The molecule has 2 aromatic heterocycles. The summed E-state index contributed by atoms with van der Waals surface area (Å²) in [5.74, 6) is 0. The van der Waals surface area contributed by atoms with Crippen molar-refractivity contribution in [2.45, 2.75) is 6.92 Å². The van der Waals surface area contributed by atoms with Gasteiger partial charge in [-0.05, 0) is 59.3 Å². The molecule has 8 heteroatoms. The zero-order chi connectivity index (χ0) is 20.4. The number of halogens is 3. The van der Waals surface area contributed by atoms with Gasteiger partial charge in [-0.25, -0.2) is 9.59 Å². The van der Waals surface area contributed by atoms with Crippen LogP contribution in [0.3, 0.4) is 0 Å². The van der Waals surface area contributed by atoms with Crippen molar-refractivity contribution in [3.63, 3.8) is 0 Å². The van der Waals surface area contributed by atoms with E-state index in [1.807, 2.05) is 19.1 Å². The van der Waals surface area contributed by atoms with Crippen LogP contribution in [0, 0.1) is 18.3 Å². The summed E-state index contributed by atoms with van der Waals surface area (Å²) in [5.41, 5.74) is 0.938. The van der Waals surface area contributed by atoms with Crippen LogP contribution in [0.25, 0.3) is 21.9 Å². The quantitative estimate of drug-likeness (QED) is 0.296. The maximum Gasteiger partial charge on any atom is 0.354 e. The highest BCUT2D eigenvalue weighted by atomic mass is 79.9. The molecule has 0 atom stereocenters. The van der Waals surface area contributed by atoms with Crippen molar-refractivity contribution in [1.82, 2.24) is 0 Å². The minimum Gasteiger partial charge on any atom is -0.422 e. The van der Waals surface area contributed by atoms with Crippen molar-refractivity contribution in [3.8, 4) is 6.07 Å². The van der Waals surface area contributed by atoms with Gasteiger partial charge in [0.15, 0.2) is 5.58 Å². The van der Waals surface area contributed by atoms with Crippen molar-refractivity contribution in [3.05, 3.63) is 88.9 Å². The zero-order valence-electron chi connectivity index (χ0n) is 14.3. The third kappa shape index (κ3) is 4.28. The van der Waals surface area contributed by atoms with Gasteiger partial charge in [0.1, 0.15) is 21.7 Å². The average Bonchev–Trinajstić information content (AvgIpc) is 2.64. The first-order chi connectivity index (χ1) is 13.3. The van der Waals surface area contributed by atoms with Crippen molar-refractivity contribution in [1.29, 1.82) is 5.26 Å². The molecule has 2 aromatic carbocycles. The Labute approximate surface area is 176 Å². The maximum absolute atomic E-state index is 11.2. The van der Waals surface area contributed by atoms with E-state index in [9.17, 15) is 9.59 Å². The summed E-state index contributed by atoms with van der Waals surface area (Å²) >= 11 is 14.7. The van der Waals surface area contributed by atoms with Gasteiger partial charge in [0.05, 0.1) is 5.02 Å². The van der Waals surface area contributed by atoms with E-state index in [1.165, 1.54) is 6.07 Å². The third-order valence-electron chi connectivity index (χ3n) is 3.72. The molecule has 0 bridgehead atoms. The van der Waals surface area contributed by atoms with Crippen molar-refractivity contribution in [2.75, 3.05) is 0 Å². The highest BCUT2D eigenvalue weighted by molar-refractivity contribution is 9.10. The second-order valence-electron chi connectivity index (χ2n) is 5.79. The largest absolute Gasteiger partial charge is 0.422 e. The lowest BCUT2D eigenvalue weighted by atomic mass is 10.1. The van der Waals surface area contributed by atoms with Crippen LogP contribution in [0.1, 0.15) is 11.1 Å². The minimum atomic E-state index is -0.580. The predicted molar refractivity (Wildman–Crippen MR) is 112 cm³/mol. The second-order valence-corrected chi connectivity index (χ2v) is 7.49. The van der Waals surface area contributed by atoms with Crippen LogP contribution in [-0.4, -0.2) is 0 Å². The van der Waals surface area contributed by atoms with E-state index in [2.05, 4.69) is 15.9 Å². The Kier molecular flexibility index (Phi) is 5.90. The van der Waals surface area contributed by atoms with Crippen molar-refractivity contribution >= 4 is 61.1 Å². The smallest absolute Gasteiger partial charge is 0.354 e. The molecular formula is C20H10BrCl2NO4. The highest BCUT2D eigenvalue weighted by Gasteiger charge is 2.07. The molecule has 0 unspecified atom stereocenters. The maximum atomic E-state index is 11.2. The molecule has 0 N–H and O–H groups in total. The Hall–Kier alpha value is -2.59. The molecule has 0 fully saturated rings. The van der Waals surface area contributed by atoms with Crippen molar-refractivity contribution in [2.24, 2.45) is 0 Å². The monoisotopic (exact) mass is 477 g/mol. The Morgan fingerprint density at radius 3 is 2.43 bits per heavy atom. The molecular weight excluding hydrogens is 469 g/mol. The Morgan fingerprint density at radius 2 is 1.71 bits per heavy atom. The van der Waals surface area contributed by atoms with E-state index in [1.54, 1.807) is 30.3 Å². The second kappa shape index (κ2) is 8.19. The van der Waals surface area contributed by atoms with Gasteiger partial charge in [-0.1, -0.05) is 34.8 Å². The number of aryl methyl sites for hydroxylation is 1. The lowest BCUT2D eigenvalue weighted by molar-refractivity contribution is 0.556. The minimum absolute atomic E-state index is 0.0445. The van der Waals surface area contributed by atoms with Gasteiger partial charge in [-0.3, -0.25) is 0 Å². The summed E-state index contributed by atoms with van der Waals surface area (Å²) in [5, 5.41) is 10.9. The van der Waals surface area contributed by atoms with Gasteiger partial charge < -0.3 is 8.83 Å². The van der Waals surface area contributed by atoms with E-state index >= 15 is 0 Å². The standard InChI is InChI=1S/C11H7NO2.C9H3BrCl2O2/c1-7-2-3-10-8(4-7)5-9(6-12)11(13)14-10;10-6-2-4-1-5(11)3-7(12)8(4)14-9(6)13/h2-5H,1H3;1-3H. The fourth-order valence-electron chi connectivity index (χ4n) is 2.45. The van der Waals surface area contributed by atoms with Crippen LogP contribution in [0.2, 0.25) is 10.0 Å². The Balaban J connectivity index is 0.000000161. The lowest BCUT2D eigenvalue weighted by Gasteiger charge is -2.00. The molecule has 0 radical (unpaired) electrons. The van der Waals surface area contributed by atoms with Gasteiger partial charge in [0.2, 0.25) is 0 Å². The normalized spacial score (nSPS) is 10.4. The number of hydrogen-bond donors (Lipinski definition) is 0. The number of nitriles is 1. The molecule has 0 aliphatic rings. The molecule has 0 spiro atoms. The fourth-order valence-corrected chi connectivity index (χ4v) is 3.33. The first-order valence-electron chi connectivity index (χ1n) is 7.81. The molecule has 0 aliphatic heterocycles. The van der Waals surface area contributed by atoms with E-state index < -0.39 is 11.3 Å². The molecule has 0 saturated heterocycles. The summed E-state index contributed by atoms with van der Waals surface area (Å²) in [6, 6.07) is 13.6. The summed E-state index contributed by atoms with van der Waals surface area (Å²) in [7, 11) is 0. The lowest BCUT2D eigenvalue weighted by Crippen LogP contribution is -2.02. The number of hydrogen-bond acceptors (Lipinski definition) is 5. The van der Waals surface area contributed by atoms with E-state index in [4.69, 9.17) is 37.3 Å². The highest BCUT2D eigenvalue weighted by Crippen LogP contribution is 2.28. The van der Waals surface area contributed by atoms with Gasteiger partial charge in [-0.15, -0.1) is 0 Å². The molecule has 0 saturated carbocycles. The topological polar surface area (TPSA) is 84.2 Å². The van der Waals surface area contributed by atoms with Crippen LogP contribution >= 0.6 is 39.1 Å². The molecule has 0 amide bonds. The van der Waals surface area contributed by atoms with Gasteiger partial charge in [-0.2, -0.15) is 5.26 Å². The zero-order valence-corrected chi connectivity index (χ0v) is 17.4. The summed E-state index contributed by atoms with van der Waals surface area (Å²) in [6.07, 6.45) is 0. The summed E-state index contributed by atoms with van der Waals surface area (Å²) < 4.78 is 10.3. The average molecular weight is 479 g/mol. The third-order valence-corrected chi connectivity index (χ3v) is 4.77.